The van der Waals surface area contributed by atoms with E-state index in [2.05, 4.69) is 0 Å². The molecule has 0 saturated carbocycles. The van der Waals surface area contributed by atoms with Gasteiger partial charge in [-0.05, 0) is 0 Å². The summed E-state index contributed by atoms with van der Waals surface area (Å²) in [5.74, 6) is -0.972. The van der Waals surface area contributed by atoms with Crippen molar-refractivity contribution >= 4 is 5.97 Å². The molecule has 108 valence electrons. The second-order valence-corrected chi connectivity index (χ2v) is 4.30. The summed E-state index contributed by atoms with van der Waals surface area (Å²) in [6, 6.07) is -1.04. The third-order valence-electron chi connectivity index (χ3n) is 2.44. The lowest BCUT2D eigenvalue weighted by Crippen LogP contribution is -2.61. The molecule has 1 heterocycles. The Bertz CT molecular complexity index is 256. The van der Waals surface area contributed by atoms with Crippen LogP contribution in [0.2, 0.25) is 0 Å². The van der Waals surface area contributed by atoms with Gasteiger partial charge in [-0.3, -0.25) is 4.79 Å². The molecule has 0 aliphatic carbocycles. The van der Waals surface area contributed by atoms with Crippen LogP contribution in [0.3, 0.4) is 0 Å². The predicted octanol–water partition coefficient (Wildman–Crippen LogP) is -2.53. The summed E-state index contributed by atoms with van der Waals surface area (Å²) < 4.78 is 4.70. The Balaban J connectivity index is 0.000000411. The fourth-order valence-electron chi connectivity index (χ4n) is 1.12. The van der Waals surface area contributed by atoms with Crippen molar-refractivity contribution in [3.05, 3.63) is 0 Å². The number of aliphatic carboxylic acids is 1. The molecule has 0 aromatic carbocycles. The van der Waals surface area contributed by atoms with E-state index in [0.29, 0.717) is 0 Å². The SMILES string of the molecule is CC(C)C(=O)O.N[C@@H]1[C@@H](O)[C@H](O)[C@@H](CO)O[C@H]1O. The molecule has 0 unspecified atom stereocenters. The third kappa shape index (κ3) is 4.84. The van der Waals surface area contributed by atoms with Crippen molar-refractivity contribution in [3.8, 4) is 0 Å². The Kier molecular flexibility index (Phi) is 7.29. The zero-order valence-electron chi connectivity index (χ0n) is 10.3. The van der Waals surface area contributed by atoms with E-state index in [1.54, 1.807) is 13.8 Å². The van der Waals surface area contributed by atoms with Gasteiger partial charge in [0.15, 0.2) is 6.29 Å². The minimum absolute atomic E-state index is 0.231. The van der Waals surface area contributed by atoms with Crippen LogP contribution in [0, 0.1) is 5.92 Å². The van der Waals surface area contributed by atoms with Crippen LogP contribution in [0.4, 0.5) is 0 Å². The second-order valence-electron chi connectivity index (χ2n) is 4.30. The number of ether oxygens (including phenoxy) is 1. The smallest absolute Gasteiger partial charge is 0.305 e. The van der Waals surface area contributed by atoms with Gasteiger partial charge in [0.2, 0.25) is 0 Å². The molecule has 0 spiro atoms. The maximum Gasteiger partial charge on any atom is 0.305 e. The van der Waals surface area contributed by atoms with Crippen molar-refractivity contribution in [1.29, 1.82) is 0 Å². The first-order chi connectivity index (χ1) is 8.22. The van der Waals surface area contributed by atoms with Crippen LogP contribution in [-0.4, -0.2) is 68.8 Å². The van der Waals surface area contributed by atoms with Crippen LogP contribution in [-0.2, 0) is 9.53 Å². The highest BCUT2D eigenvalue weighted by atomic mass is 16.6. The number of nitrogens with two attached hydrogens (primary N) is 1. The second kappa shape index (κ2) is 7.62. The number of hydrogen-bond donors (Lipinski definition) is 6. The largest absolute Gasteiger partial charge is 0.481 e. The summed E-state index contributed by atoms with van der Waals surface area (Å²) in [4.78, 5) is 9.70. The summed E-state index contributed by atoms with van der Waals surface area (Å²) in [7, 11) is 0. The Hall–Kier alpha value is -0.770. The third-order valence-corrected chi connectivity index (χ3v) is 2.44. The lowest BCUT2D eigenvalue weighted by molar-refractivity contribution is -0.248. The van der Waals surface area contributed by atoms with E-state index in [1.165, 1.54) is 0 Å². The first-order valence-corrected chi connectivity index (χ1v) is 5.51. The zero-order valence-corrected chi connectivity index (χ0v) is 10.3. The lowest BCUT2D eigenvalue weighted by Gasteiger charge is -2.38. The molecule has 1 aliphatic heterocycles. The van der Waals surface area contributed by atoms with E-state index in [-0.39, 0.29) is 5.92 Å². The minimum atomic E-state index is -1.35. The number of carbonyl (C=O) groups is 1. The van der Waals surface area contributed by atoms with E-state index in [9.17, 15) is 15.0 Å². The van der Waals surface area contributed by atoms with Crippen LogP contribution in [0.15, 0.2) is 0 Å². The molecule has 18 heavy (non-hydrogen) atoms. The van der Waals surface area contributed by atoms with Crippen molar-refractivity contribution in [3.63, 3.8) is 0 Å². The quantitative estimate of drug-likeness (QED) is 0.320. The molecule has 7 N–H and O–H groups in total. The normalized spacial score (nSPS) is 35.9. The van der Waals surface area contributed by atoms with E-state index < -0.39 is 43.2 Å². The Morgan fingerprint density at radius 1 is 1.28 bits per heavy atom. The van der Waals surface area contributed by atoms with Crippen molar-refractivity contribution < 1.29 is 35.1 Å². The van der Waals surface area contributed by atoms with Crippen LogP contribution in [0.5, 0.6) is 0 Å². The summed E-state index contributed by atoms with van der Waals surface area (Å²) in [5, 5.41) is 44.1. The molecule has 0 amide bonds. The summed E-state index contributed by atoms with van der Waals surface area (Å²) >= 11 is 0. The molecule has 1 aliphatic rings. The van der Waals surface area contributed by atoms with Crippen LogP contribution in [0.25, 0.3) is 0 Å². The summed E-state index contributed by atoms with van der Waals surface area (Å²) in [6.07, 6.45) is -4.85. The molecule has 5 atom stereocenters. The number of carboxylic acids is 1. The van der Waals surface area contributed by atoms with Gasteiger partial charge in [0.25, 0.3) is 0 Å². The Morgan fingerprint density at radius 2 is 1.72 bits per heavy atom. The minimum Gasteiger partial charge on any atom is -0.481 e. The maximum absolute atomic E-state index is 9.70. The molecule has 8 heteroatoms. The highest BCUT2D eigenvalue weighted by Crippen LogP contribution is 2.17. The average molecular weight is 267 g/mol. The molecule has 0 bridgehead atoms. The molecule has 8 nitrogen and oxygen atoms in total. The van der Waals surface area contributed by atoms with Gasteiger partial charge in [0.1, 0.15) is 18.3 Å². The van der Waals surface area contributed by atoms with Crippen molar-refractivity contribution in [2.24, 2.45) is 11.7 Å². The van der Waals surface area contributed by atoms with Gasteiger partial charge in [0.05, 0.1) is 18.6 Å². The van der Waals surface area contributed by atoms with Gasteiger partial charge in [-0.1, -0.05) is 13.8 Å². The lowest BCUT2D eigenvalue weighted by atomic mass is 9.98. The highest BCUT2D eigenvalue weighted by molar-refractivity contribution is 5.68. The maximum atomic E-state index is 9.70. The van der Waals surface area contributed by atoms with Gasteiger partial charge in [-0.2, -0.15) is 0 Å². The monoisotopic (exact) mass is 267 g/mol. The van der Waals surface area contributed by atoms with Gasteiger partial charge >= 0.3 is 5.97 Å². The fourth-order valence-corrected chi connectivity index (χ4v) is 1.12. The van der Waals surface area contributed by atoms with E-state index in [4.69, 9.17) is 25.8 Å². The average Bonchev–Trinajstić information content (AvgIpc) is 2.31. The summed E-state index contributed by atoms with van der Waals surface area (Å²) in [5.41, 5.74) is 5.26. The number of carboxylic acid groups (broad SMARTS) is 1. The van der Waals surface area contributed by atoms with Crippen molar-refractivity contribution in [2.45, 2.75) is 44.5 Å². The van der Waals surface area contributed by atoms with E-state index >= 15 is 0 Å². The first kappa shape index (κ1) is 17.2. The molecule has 1 rings (SSSR count). The van der Waals surface area contributed by atoms with Crippen LogP contribution >= 0.6 is 0 Å². The zero-order chi connectivity index (χ0) is 14.5. The van der Waals surface area contributed by atoms with E-state index in [0.717, 1.165) is 0 Å². The molecule has 0 aromatic rings. The topological polar surface area (TPSA) is 153 Å². The molecule has 0 aromatic heterocycles. The van der Waals surface area contributed by atoms with Crippen molar-refractivity contribution in [2.75, 3.05) is 6.61 Å². The van der Waals surface area contributed by atoms with Gasteiger partial charge in [0, 0.05) is 0 Å². The molecule has 1 saturated heterocycles. The first-order valence-electron chi connectivity index (χ1n) is 5.51. The molecular formula is C10H21NO7. The molecular weight excluding hydrogens is 246 g/mol. The van der Waals surface area contributed by atoms with Crippen molar-refractivity contribution in [1.82, 2.24) is 0 Å². The summed E-state index contributed by atoms with van der Waals surface area (Å²) in [6.45, 7) is 2.81. The van der Waals surface area contributed by atoms with Gasteiger partial charge in [-0.15, -0.1) is 0 Å². The highest BCUT2D eigenvalue weighted by Gasteiger charge is 2.41. The Morgan fingerprint density at radius 3 is 2.06 bits per heavy atom. The van der Waals surface area contributed by atoms with Gasteiger partial charge in [-0.25, -0.2) is 0 Å². The van der Waals surface area contributed by atoms with Crippen LogP contribution < -0.4 is 5.73 Å². The number of aliphatic hydroxyl groups is 4. The standard InChI is InChI=1S/C6H13NO5.C4H8O2/c7-3-5(10)4(9)2(1-8)12-6(3)11;1-3(2)4(5)6/h2-6,8-11H,1,7H2;3H,1-2H3,(H,5,6)/t2-,3-,4-,5-,6-;/m1./s1. The fraction of sp³-hybridized carbons (Fsp3) is 0.900. The van der Waals surface area contributed by atoms with E-state index in [1.807, 2.05) is 0 Å². The number of aliphatic hydroxyl groups excluding tert-OH is 4. The number of rotatable bonds is 2. The molecule has 0 radical (unpaired) electrons. The molecule has 1 fully saturated rings. The number of hydrogen-bond acceptors (Lipinski definition) is 7. The van der Waals surface area contributed by atoms with Gasteiger partial charge < -0.3 is 36.0 Å². The predicted molar refractivity (Wildman–Crippen MR) is 60.4 cm³/mol. The van der Waals surface area contributed by atoms with Crippen LogP contribution in [0.1, 0.15) is 13.8 Å². The Labute approximate surface area is 105 Å².